The lowest BCUT2D eigenvalue weighted by molar-refractivity contribution is 0.102. The number of aryl methyl sites for hydroxylation is 1. The van der Waals surface area contributed by atoms with E-state index in [-0.39, 0.29) is 15.5 Å². The van der Waals surface area contributed by atoms with Crippen molar-refractivity contribution < 1.29 is 13.2 Å². The summed E-state index contributed by atoms with van der Waals surface area (Å²) in [7, 11) is -0.950. The van der Waals surface area contributed by atoms with Crippen molar-refractivity contribution in [3.8, 4) is 0 Å². The van der Waals surface area contributed by atoms with Gasteiger partial charge in [-0.15, -0.1) is 0 Å². The molecule has 0 atom stereocenters. The number of hydrogen-bond donors (Lipinski definition) is 1. The molecule has 24 heavy (non-hydrogen) atoms. The third-order valence-corrected chi connectivity index (χ3v) is 5.92. The topological polar surface area (TPSA) is 66.5 Å². The van der Waals surface area contributed by atoms with Crippen LogP contribution in [0, 0.1) is 6.92 Å². The van der Waals surface area contributed by atoms with E-state index in [0.717, 1.165) is 9.87 Å². The second-order valence-corrected chi connectivity index (χ2v) is 8.31. The molecule has 2 aromatic rings. The van der Waals surface area contributed by atoms with E-state index < -0.39 is 15.9 Å². The van der Waals surface area contributed by atoms with E-state index >= 15 is 0 Å². The standard InChI is InChI=1S/C16H16Cl2N2O3S/c1-10-8-12(17)5-7-14(10)19-16(21)11-4-6-13(18)15(9-11)24(22,23)20(2)3/h4-9H,1-3H3,(H,19,21). The van der Waals surface area contributed by atoms with Crippen molar-refractivity contribution in [3.05, 3.63) is 57.6 Å². The number of anilines is 1. The van der Waals surface area contributed by atoms with Gasteiger partial charge in [0.1, 0.15) is 4.90 Å². The summed E-state index contributed by atoms with van der Waals surface area (Å²) in [5.74, 6) is -0.438. The molecule has 0 radical (unpaired) electrons. The van der Waals surface area contributed by atoms with Crippen LogP contribution in [0.1, 0.15) is 15.9 Å². The molecule has 0 fully saturated rings. The molecular formula is C16H16Cl2N2O3S. The molecule has 0 aromatic heterocycles. The van der Waals surface area contributed by atoms with Gasteiger partial charge in [0.05, 0.1) is 5.02 Å². The van der Waals surface area contributed by atoms with Crippen molar-refractivity contribution >= 4 is 44.8 Å². The molecule has 1 N–H and O–H groups in total. The Hall–Kier alpha value is -1.60. The van der Waals surface area contributed by atoms with Crippen LogP contribution in [0.4, 0.5) is 5.69 Å². The molecule has 0 saturated heterocycles. The van der Waals surface area contributed by atoms with Gasteiger partial charge in [-0.05, 0) is 48.9 Å². The van der Waals surface area contributed by atoms with E-state index in [0.29, 0.717) is 10.7 Å². The first kappa shape index (κ1) is 18.7. The molecule has 0 aliphatic rings. The predicted molar refractivity (Wildman–Crippen MR) is 96.5 cm³/mol. The number of rotatable bonds is 4. The van der Waals surface area contributed by atoms with Crippen LogP contribution in [-0.4, -0.2) is 32.7 Å². The summed E-state index contributed by atoms with van der Waals surface area (Å²) >= 11 is 11.9. The average molecular weight is 387 g/mol. The summed E-state index contributed by atoms with van der Waals surface area (Å²) in [5.41, 5.74) is 1.58. The Balaban J connectivity index is 2.37. The summed E-state index contributed by atoms with van der Waals surface area (Å²) in [5, 5.41) is 3.36. The van der Waals surface area contributed by atoms with Crippen molar-refractivity contribution in [1.82, 2.24) is 4.31 Å². The number of hydrogen-bond acceptors (Lipinski definition) is 3. The molecule has 2 aromatic carbocycles. The van der Waals surface area contributed by atoms with Crippen LogP contribution in [0.5, 0.6) is 0 Å². The van der Waals surface area contributed by atoms with Crippen molar-refractivity contribution in [2.75, 3.05) is 19.4 Å². The number of amides is 1. The molecule has 0 unspecified atom stereocenters. The highest BCUT2D eigenvalue weighted by molar-refractivity contribution is 7.89. The predicted octanol–water partition coefficient (Wildman–Crippen LogP) is 3.80. The van der Waals surface area contributed by atoms with E-state index in [2.05, 4.69) is 5.32 Å². The molecule has 0 aliphatic carbocycles. The maximum Gasteiger partial charge on any atom is 0.255 e. The molecule has 0 bridgehead atoms. The fourth-order valence-corrected chi connectivity index (χ4v) is 3.62. The van der Waals surface area contributed by atoms with Crippen LogP contribution in [0.25, 0.3) is 0 Å². The lowest BCUT2D eigenvalue weighted by Crippen LogP contribution is -2.23. The van der Waals surface area contributed by atoms with Gasteiger partial charge in [0.2, 0.25) is 10.0 Å². The van der Waals surface area contributed by atoms with Crippen molar-refractivity contribution in [3.63, 3.8) is 0 Å². The maximum atomic E-state index is 12.4. The van der Waals surface area contributed by atoms with E-state index in [4.69, 9.17) is 23.2 Å². The van der Waals surface area contributed by atoms with Crippen LogP contribution in [0.2, 0.25) is 10.0 Å². The lowest BCUT2D eigenvalue weighted by Gasteiger charge is -2.14. The highest BCUT2D eigenvalue weighted by Crippen LogP contribution is 2.26. The van der Waals surface area contributed by atoms with E-state index in [1.54, 1.807) is 18.2 Å². The monoisotopic (exact) mass is 386 g/mol. The zero-order valence-corrected chi connectivity index (χ0v) is 15.6. The number of sulfonamides is 1. The summed E-state index contributed by atoms with van der Waals surface area (Å²) < 4.78 is 25.6. The van der Waals surface area contributed by atoms with E-state index in [1.807, 2.05) is 6.92 Å². The smallest absolute Gasteiger partial charge is 0.255 e. The van der Waals surface area contributed by atoms with E-state index in [9.17, 15) is 13.2 Å². The Kier molecular flexibility index (Phi) is 5.55. The summed E-state index contributed by atoms with van der Waals surface area (Å²) in [6.07, 6.45) is 0. The van der Waals surface area contributed by atoms with Crippen LogP contribution in [0.3, 0.4) is 0 Å². The van der Waals surface area contributed by atoms with Gasteiger partial charge in [-0.2, -0.15) is 0 Å². The Bertz CT molecular complexity index is 896. The Morgan fingerprint density at radius 2 is 1.75 bits per heavy atom. The van der Waals surface area contributed by atoms with Gasteiger partial charge < -0.3 is 5.32 Å². The third kappa shape index (κ3) is 3.89. The molecule has 0 heterocycles. The van der Waals surface area contributed by atoms with Crippen LogP contribution in [-0.2, 0) is 10.0 Å². The minimum absolute atomic E-state index is 0.0583. The van der Waals surface area contributed by atoms with Crippen molar-refractivity contribution in [2.45, 2.75) is 11.8 Å². The fraction of sp³-hybridized carbons (Fsp3) is 0.188. The SMILES string of the molecule is Cc1cc(Cl)ccc1NC(=O)c1ccc(Cl)c(S(=O)(=O)N(C)C)c1. The number of benzene rings is 2. The molecule has 5 nitrogen and oxygen atoms in total. The Morgan fingerprint density at radius 1 is 1.08 bits per heavy atom. The second kappa shape index (κ2) is 7.11. The quantitative estimate of drug-likeness (QED) is 0.868. The van der Waals surface area contributed by atoms with E-state index in [1.165, 1.54) is 32.3 Å². The summed E-state index contributed by atoms with van der Waals surface area (Å²) in [4.78, 5) is 12.3. The summed E-state index contributed by atoms with van der Waals surface area (Å²) in [6, 6.07) is 9.19. The minimum atomic E-state index is -3.75. The van der Waals surface area contributed by atoms with Crippen LogP contribution in [0.15, 0.2) is 41.3 Å². The molecule has 0 spiro atoms. The highest BCUT2D eigenvalue weighted by atomic mass is 35.5. The number of nitrogens with zero attached hydrogens (tertiary/aromatic N) is 1. The minimum Gasteiger partial charge on any atom is -0.322 e. The number of halogens is 2. The number of carbonyl (C=O) groups excluding carboxylic acids is 1. The highest BCUT2D eigenvalue weighted by Gasteiger charge is 2.22. The van der Waals surface area contributed by atoms with Gasteiger partial charge >= 0.3 is 0 Å². The zero-order valence-electron chi connectivity index (χ0n) is 13.3. The van der Waals surface area contributed by atoms with Crippen molar-refractivity contribution in [1.29, 1.82) is 0 Å². The lowest BCUT2D eigenvalue weighted by atomic mass is 10.1. The average Bonchev–Trinajstić information content (AvgIpc) is 2.50. The van der Waals surface area contributed by atoms with Gasteiger partial charge in [-0.1, -0.05) is 23.2 Å². The first-order valence-corrected chi connectivity index (χ1v) is 9.12. The first-order valence-electron chi connectivity index (χ1n) is 6.92. The molecule has 8 heteroatoms. The molecule has 128 valence electrons. The van der Waals surface area contributed by atoms with Gasteiger partial charge in [0, 0.05) is 30.4 Å². The van der Waals surface area contributed by atoms with Crippen LogP contribution < -0.4 is 5.32 Å². The van der Waals surface area contributed by atoms with Gasteiger partial charge in [0.25, 0.3) is 5.91 Å². The van der Waals surface area contributed by atoms with Crippen molar-refractivity contribution in [2.24, 2.45) is 0 Å². The fourth-order valence-electron chi connectivity index (χ4n) is 2.00. The van der Waals surface area contributed by atoms with Gasteiger partial charge in [-0.25, -0.2) is 12.7 Å². The Labute approximate surface area is 151 Å². The molecule has 2 rings (SSSR count). The summed E-state index contributed by atoms with van der Waals surface area (Å²) in [6.45, 7) is 1.81. The number of nitrogens with one attached hydrogen (secondary N) is 1. The maximum absolute atomic E-state index is 12.4. The largest absolute Gasteiger partial charge is 0.322 e. The van der Waals surface area contributed by atoms with Crippen LogP contribution >= 0.6 is 23.2 Å². The second-order valence-electron chi connectivity index (χ2n) is 5.35. The molecule has 0 aliphatic heterocycles. The Morgan fingerprint density at radius 3 is 2.33 bits per heavy atom. The van der Waals surface area contributed by atoms with Gasteiger partial charge in [-0.3, -0.25) is 4.79 Å². The molecule has 0 saturated carbocycles. The third-order valence-electron chi connectivity index (χ3n) is 3.39. The first-order chi connectivity index (χ1) is 11.1. The number of carbonyl (C=O) groups is 1. The van der Waals surface area contributed by atoms with Gasteiger partial charge in [0.15, 0.2) is 0 Å². The molecular weight excluding hydrogens is 371 g/mol. The normalized spacial score (nSPS) is 11.6. The zero-order chi connectivity index (χ0) is 18.1. The molecule has 1 amide bonds.